The smallest absolute Gasteiger partial charge is 0.160 e. The van der Waals surface area contributed by atoms with E-state index < -0.39 is 0 Å². The van der Waals surface area contributed by atoms with Crippen molar-refractivity contribution >= 4 is 27.5 Å². The molecule has 0 spiro atoms. The van der Waals surface area contributed by atoms with Gasteiger partial charge in [0.15, 0.2) is 11.5 Å². The molecule has 0 saturated heterocycles. The molecule has 0 fully saturated rings. The first kappa shape index (κ1) is 16.2. The van der Waals surface area contributed by atoms with E-state index in [-0.39, 0.29) is 5.38 Å². The first-order valence-corrected chi connectivity index (χ1v) is 7.89. The fourth-order valence-corrected chi connectivity index (χ4v) is 3.07. The van der Waals surface area contributed by atoms with Crippen LogP contribution in [0.3, 0.4) is 0 Å². The average molecular weight is 370 g/mol. The maximum atomic E-state index is 6.59. The zero-order valence-corrected chi connectivity index (χ0v) is 14.7. The fraction of sp³-hybridized carbons (Fsp3) is 0.294. The van der Waals surface area contributed by atoms with Crippen LogP contribution in [0.4, 0.5) is 0 Å². The molecule has 0 N–H and O–H groups in total. The van der Waals surface area contributed by atoms with Crippen LogP contribution in [0.5, 0.6) is 11.5 Å². The standard InChI is InChI=1S/C17H18BrClO2/c1-11-4-6-13(18)10-14(11)15(19)8-12-5-7-16(20-2)17(9-12)21-3/h4-7,9-10,15H,8H2,1-3H3. The minimum Gasteiger partial charge on any atom is -0.493 e. The first-order chi connectivity index (χ1) is 10.0. The highest BCUT2D eigenvalue weighted by atomic mass is 79.9. The third-order valence-corrected chi connectivity index (χ3v) is 4.32. The second-order valence-corrected chi connectivity index (χ2v) is 6.30. The van der Waals surface area contributed by atoms with Crippen LogP contribution in [-0.4, -0.2) is 14.2 Å². The van der Waals surface area contributed by atoms with Gasteiger partial charge in [0.25, 0.3) is 0 Å². The van der Waals surface area contributed by atoms with E-state index >= 15 is 0 Å². The van der Waals surface area contributed by atoms with Crippen LogP contribution in [0.1, 0.15) is 22.1 Å². The molecule has 2 aromatic rings. The molecule has 4 heteroatoms. The Bertz CT molecular complexity index is 628. The molecule has 21 heavy (non-hydrogen) atoms. The third kappa shape index (κ3) is 3.92. The summed E-state index contributed by atoms with van der Waals surface area (Å²) in [4.78, 5) is 0. The Morgan fingerprint density at radius 1 is 1.05 bits per heavy atom. The predicted octanol–water partition coefficient (Wildman–Crippen LogP) is 5.30. The Hall–Kier alpha value is -1.19. The largest absolute Gasteiger partial charge is 0.493 e. The summed E-state index contributed by atoms with van der Waals surface area (Å²) in [5.74, 6) is 1.45. The molecule has 0 amide bonds. The van der Waals surface area contributed by atoms with Crippen LogP contribution in [0, 0.1) is 6.92 Å². The van der Waals surface area contributed by atoms with Crippen LogP contribution in [0.15, 0.2) is 40.9 Å². The van der Waals surface area contributed by atoms with E-state index in [0.29, 0.717) is 0 Å². The normalized spacial score (nSPS) is 12.0. The summed E-state index contributed by atoms with van der Waals surface area (Å²) >= 11 is 10.1. The zero-order chi connectivity index (χ0) is 15.4. The second kappa shape index (κ2) is 7.19. The lowest BCUT2D eigenvalue weighted by Crippen LogP contribution is -2.00. The minimum atomic E-state index is -0.0828. The van der Waals surface area contributed by atoms with Gasteiger partial charge in [-0.05, 0) is 54.3 Å². The fourth-order valence-electron chi connectivity index (χ4n) is 2.27. The van der Waals surface area contributed by atoms with Crippen molar-refractivity contribution in [2.45, 2.75) is 18.7 Å². The van der Waals surface area contributed by atoms with Crippen LogP contribution in [0.25, 0.3) is 0 Å². The number of methoxy groups -OCH3 is 2. The number of rotatable bonds is 5. The molecule has 0 radical (unpaired) electrons. The van der Waals surface area contributed by atoms with Gasteiger partial charge in [0.1, 0.15) is 0 Å². The van der Waals surface area contributed by atoms with E-state index in [0.717, 1.165) is 33.5 Å². The molecular weight excluding hydrogens is 352 g/mol. The Labute approximate surface area is 139 Å². The van der Waals surface area contributed by atoms with Crippen molar-refractivity contribution in [3.8, 4) is 11.5 Å². The topological polar surface area (TPSA) is 18.5 Å². The number of aryl methyl sites for hydroxylation is 1. The van der Waals surface area contributed by atoms with Gasteiger partial charge < -0.3 is 9.47 Å². The van der Waals surface area contributed by atoms with E-state index in [2.05, 4.69) is 35.0 Å². The molecular formula is C17H18BrClO2. The molecule has 0 saturated carbocycles. The number of hydrogen-bond acceptors (Lipinski definition) is 2. The summed E-state index contributed by atoms with van der Waals surface area (Å²) < 4.78 is 11.6. The Morgan fingerprint density at radius 2 is 1.76 bits per heavy atom. The van der Waals surface area contributed by atoms with Crippen LogP contribution in [-0.2, 0) is 6.42 Å². The van der Waals surface area contributed by atoms with Gasteiger partial charge in [-0.1, -0.05) is 28.1 Å². The summed E-state index contributed by atoms with van der Waals surface area (Å²) in [7, 11) is 3.27. The second-order valence-electron chi connectivity index (χ2n) is 4.86. The van der Waals surface area contributed by atoms with Crippen molar-refractivity contribution in [3.63, 3.8) is 0 Å². The third-order valence-electron chi connectivity index (χ3n) is 3.44. The summed E-state index contributed by atoms with van der Waals surface area (Å²) in [6.07, 6.45) is 0.735. The number of hydrogen-bond donors (Lipinski definition) is 0. The van der Waals surface area contributed by atoms with Crippen molar-refractivity contribution in [3.05, 3.63) is 57.6 Å². The maximum absolute atomic E-state index is 6.59. The van der Waals surface area contributed by atoms with Crippen LogP contribution >= 0.6 is 27.5 Å². The maximum Gasteiger partial charge on any atom is 0.160 e. The van der Waals surface area contributed by atoms with Gasteiger partial charge in [-0.25, -0.2) is 0 Å². The van der Waals surface area contributed by atoms with Gasteiger partial charge in [0.2, 0.25) is 0 Å². The average Bonchev–Trinajstić information content (AvgIpc) is 2.49. The molecule has 112 valence electrons. The van der Waals surface area contributed by atoms with Crippen molar-refractivity contribution in [2.75, 3.05) is 14.2 Å². The van der Waals surface area contributed by atoms with Crippen molar-refractivity contribution < 1.29 is 9.47 Å². The van der Waals surface area contributed by atoms with Crippen molar-refractivity contribution in [1.82, 2.24) is 0 Å². The van der Waals surface area contributed by atoms with Gasteiger partial charge in [0, 0.05) is 4.47 Å². The zero-order valence-electron chi connectivity index (χ0n) is 12.3. The van der Waals surface area contributed by atoms with E-state index in [9.17, 15) is 0 Å². The van der Waals surface area contributed by atoms with Crippen LogP contribution < -0.4 is 9.47 Å². The Kier molecular flexibility index (Phi) is 5.54. The van der Waals surface area contributed by atoms with Gasteiger partial charge >= 0.3 is 0 Å². The Morgan fingerprint density at radius 3 is 2.43 bits per heavy atom. The monoisotopic (exact) mass is 368 g/mol. The summed E-state index contributed by atoms with van der Waals surface area (Å²) in [5.41, 5.74) is 3.45. The van der Waals surface area contributed by atoms with E-state index in [4.69, 9.17) is 21.1 Å². The van der Waals surface area contributed by atoms with E-state index in [1.54, 1.807) is 14.2 Å². The number of benzene rings is 2. The Balaban J connectivity index is 2.23. The first-order valence-electron chi connectivity index (χ1n) is 6.66. The highest BCUT2D eigenvalue weighted by Gasteiger charge is 2.14. The lowest BCUT2D eigenvalue weighted by molar-refractivity contribution is 0.354. The molecule has 0 aromatic heterocycles. The molecule has 0 heterocycles. The lowest BCUT2D eigenvalue weighted by Gasteiger charge is -2.15. The van der Waals surface area contributed by atoms with Gasteiger partial charge in [-0.2, -0.15) is 0 Å². The molecule has 0 aliphatic heterocycles. The summed E-state index contributed by atoms with van der Waals surface area (Å²) in [6, 6.07) is 12.1. The quantitative estimate of drug-likeness (QED) is 0.666. The van der Waals surface area contributed by atoms with E-state index in [1.807, 2.05) is 24.3 Å². The molecule has 1 unspecified atom stereocenters. The number of ether oxygens (including phenoxy) is 2. The van der Waals surface area contributed by atoms with Crippen molar-refractivity contribution in [2.24, 2.45) is 0 Å². The van der Waals surface area contributed by atoms with Crippen molar-refractivity contribution in [1.29, 1.82) is 0 Å². The summed E-state index contributed by atoms with van der Waals surface area (Å²) in [6.45, 7) is 2.08. The SMILES string of the molecule is COc1ccc(CC(Cl)c2cc(Br)ccc2C)cc1OC. The number of alkyl halides is 1. The predicted molar refractivity (Wildman–Crippen MR) is 90.7 cm³/mol. The molecule has 2 rings (SSSR count). The van der Waals surface area contributed by atoms with Crippen LogP contribution in [0.2, 0.25) is 0 Å². The van der Waals surface area contributed by atoms with Gasteiger partial charge in [-0.15, -0.1) is 11.6 Å². The highest BCUT2D eigenvalue weighted by Crippen LogP contribution is 2.33. The van der Waals surface area contributed by atoms with Gasteiger partial charge in [0.05, 0.1) is 19.6 Å². The molecule has 2 aromatic carbocycles. The molecule has 0 bridgehead atoms. The van der Waals surface area contributed by atoms with E-state index in [1.165, 1.54) is 5.56 Å². The van der Waals surface area contributed by atoms with Gasteiger partial charge in [-0.3, -0.25) is 0 Å². The summed E-state index contributed by atoms with van der Waals surface area (Å²) in [5, 5.41) is -0.0828. The molecule has 2 nitrogen and oxygen atoms in total. The highest BCUT2D eigenvalue weighted by molar-refractivity contribution is 9.10. The minimum absolute atomic E-state index is 0.0828. The molecule has 1 atom stereocenters. The lowest BCUT2D eigenvalue weighted by atomic mass is 10.00. The number of halogens is 2. The molecule has 0 aliphatic rings. The molecule has 0 aliphatic carbocycles.